The predicted octanol–water partition coefficient (Wildman–Crippen LogP) is 2.66. The summed E-state index contributed by atoms with van der Waals surface area (Å²) in [5.41, 5.74) is 0. The van der Waals surface area contributed by atoms with Crippen LogP contribution in [0.3, 0.4) is 0 Å². The highest BCUT2D eigenvalue weighted by Crippen LogP contribution is 2.15. The van der Waals surface area contributed by atoms with Crippen LogP contribution in [0.5, 0.6) is 0 Å². The van der Waals surface area contributed by atoms with Gasteiger partial charge in [0.15, 0.2) is 6.04 Å². The van der Waals surface area contributed by atoms with Crippen molar-refractivity contribution in [1.82, 2.24) is 10.6 Å². The molecular formula is C27H48N2O9S. The zero-order chi connectivity index (χ0) is 29.5. The molecule has 0 aromatic carbocycles. The molecule has 0 rings (SSSR count). The van der Waals surface area contributed by atoms with E-state index in [4.69, 9.17) is 9.47 Å². The lowest BCUT2D eigenvalue weighted by atomic mass is 10.0. The molecule has 0 aliphatic heterocycles. The van der Waals surface area contributed by atoms with Crippen LogP contribution in [0.15, 0.2) is 0 Å². The fourth-order valence-electron chi connectivity index (χ4n) is 3.80. The first-order valence-corrected chi connectivity index (χ1v) is 15.0. The van der Waals surface area contributed by atoms with Gasteiger partial charge >= 0.3 is 17.9 Å². The number of thioether (sulfide) groups is 1. The van der Waals surface area contributed by atoms with E-state index in [1.165, 1.54) is 64.1 Å². The van der Waals surface area contributed by atoms with Crippen LogP contribution in [0.1, 0.15) is 91.4 Å². The molecule has 0 aromatic rings. The number of rotatable bonds is 23. The number of ether oxygens (including phenoxy) is 3. The molecule has 3 atom stereocenters. The Morgan fingerprint density at radius 3 is 2.03 bits per heavy atom. The van der Waals surface area contributed by atoms with Crippen molar-refractivity contribution in [1.29, 1.82) is 0 Å². The number of hydrogen-bond acceptors (Lipinski definition) is 10. The number of esters is 3. The molecule has 3 N–H and O–H groups in total. The number of carbonyl (C=O) groups excluding carboxylic acids is 5. The van der Waals surface area contributed by atoms with E-state index in [0.717, 1.165) is 26.4 Å². The van der Waals surface area contributed by atoms with Crippen LogP contribution in [0, 0.1) is 0 Å². The first kappa shape index (κ1) is 36.7. The Balaban J connectivity index is 4.40. The maximum absolute atomic E-state index is 12.5. The maximum Gasteiger partial charge on any atom is 0.330 e. The van der Waals surface area contributed by atoms with Crippen molar-refractivity contribution in [3.63, 3.8) is 0 Å². The zero-order valence-corrected chi connectivity index (χ0v) is 24.8. The predicted molar refractivity (Wildman–Crippen MR) is 149 cm³/mol. The molecule has 0 unspecified atom stereocenters. The highest BCUT2D eigenvalue weighted by molar-refractivity contribution is 7.99. The first-order chi connectivity index (χ1) is 18.6. The van der Waals surface area contributed by atoms with Gasteiger partial charge in [-0.15, -0.1) is 0 Å². The van der Waals surface area contributed by atoms with Crippen molar-refractivity contribution < 1.29 is 43.3 Å². The van der Waals surface area contributed by atoms with Gasteiger partial charge in [-0.25, -0.2) is 4.79 Å². The van der Waals surface area contributed by atoms with Gasteiger partial charge in [-0.3, -0.25) is 19.2 Å². The molecule has 0 saturated heterocycles. The fraction of sp³-hybridized carbons (Fsp3) is 0.815. The normalized spacial score (nSPS) is 13.1. The zero-order valence-electron chi connectivity index (χ0n) is 24.0. The number of methoxy groups -OCH3 is 1. The molecule has 0 bridgehead atoms. The number of carbonyl (C=O) groups is 5. The average molecular weight is 577 g/mol. The number of unbranched alkanes of at least 4 members (excludes halogenated alkanes) is 8. The molecule has 0 aliphatic carbocycles. The van der Waals surface area contributed by atoms with Gasteiger partial charge in [-0.1, -0.05) is 58.3 Å². The molecule has 39 heavy (non-hydrogen) atoms. The molecule has 0 spiro atoms. The second-order valence-corrected chi connectivity index (χ2v) is 10.5. The second kappa shape index (κ2) is 23.5. The standard InChI is InChI=1S/C27H48N2O9S/c1-5-6-7-8-9-10-11-12-13-14-22(38-21(3)32)17-25(33)37-15-16-39-19-24(28-20(2)31)26(34)29-23(18-30)27(35)36-4/h22-24,30H,5-19H2,1-4H3,(H,28,31)(H,29,34)/t22-,23-,24-/m0/s1. The molecule has 226 valence electrons. The summed E-state index contributed by atoms with van der Waals surface area (Å²) in [5.74, 6) is -2.31. The van der Waals surface area contributed by atoms with Crippen LogP contribution in [0.25, 0.3) is 0 Å². The van der Waals surface area contributed by atoms with Crippen molar-refractivity contribution >= 4 is 41.5 Å². The highest BCUT2D eigenvalue weighted by atomic mass is 32.2. The average Bonchev–Trinajstić information content (AvgIpc) is 2.88. The fourth-order valence-corrected chi connectivity index (χ4v) is 4.64. The van der Waals surface area contributed by atoms with Gasteiger partial charge in [0.25, 0.3) is 0 Å². The Kier molecular flexibility index (Phi) is 22.1. The van der Waals surface area contributed by atoms with Crippen LogP contribution >= 0.6 is 11.8 Å². The van der Waals surface area contributed by atoms with Gasteiger partial charge in [0.2, 0.25) is 11.8 Å². The Labute approximate surface area is 236 Å². The van der Waals surface area contributed by atoms with E-state index < -0.39 is 54.5 Å². The minimum Gasteiger partial charge on any atom is -0.467 e. The van der Waals surface area contributed by atoms with Crippen LogP contribution in [-0.2, 0) is 38.2 Å². The van der Waals surface area contributed by atoms with Crippen molar-refractivity contribution in [3.05, 3.63) is 0 Å². The Bertz CT molecular complexity index is 736. The summed E-state index contributed by atoms with van der Waals surface area (Å²) >= 11 is 1.26. The van der Waals surface area contributed by atoms with Crippen LogP contribution < -0.4 is 10.6 Å². The van der Waals surface area contributed by atoms with Gasteiger partial charge < -0.3 is 30.0 Å². The van der Waals surface area contributed by atoms with E-state index in [-0.39, 0.29) is 18.8 Å². The maximum atomic E-state index is 12.5. The summed E-state index contributed by atoms with van der Waals surface area (Å²) in [7, 11) is 1.13. The topological polar surface area (TPSA) is 157 Å². The third kappa shape index (κ3) is 20.3. The number of nitrogens with one attached hydrogen (secondary N) is 2. The lowest BCUT2D eigenvalue weighted by Crippen LogP contribution is -2.53. The van der Waals surface area contributed by atoms with E-state index in [9.17, 15) is 29.1 Å². The number of amides is 2. The molecule has 11 nitrogen and oxygen atoms in total. The van der Waals surface area contributed by atoms with Crippen molar-refractivity contribution in [2.45, 2.75) is 110 Å². The summed E-state index contributed by atoms with van der Waals surface area (Å²) in [5, 5.41) is 14.1. The first-order valence-electron chi connectivity index (χ1n) is 13.8. The van der Waals surface area contributed by atoms with Crippen molar-refractivity contribution in [3.8, 4) is 0 Å². The SMILES string of the molecule is CCCCCCCCCCC[C@@H](CC(=O)OCCSC[C@H](NC(C)=O)C(=O)N[C@@H](CO)C(=O)OC)OC(C)=O. The van der Waals surface area contributed by atoms with Crippen LogP contribution in [-0.4, -0.2) is 84.8 Å². The van der Waals surface area contributed by atoms with E-state index in [0.29, 0.717) is 12.2 Å². The molecule has 12 heteroatoms. The molecule has 0 aromatic heterocycles. The molecule has 2 amide bonds. The largest absolute Gasteiger partial charge is 0.467 e. The lowest BCUT2D eigenvalue weighted by molar-refractivity contribution is -0.153. The molecule has 0 aliphatic rings. The van der Waals surface area contributed by atoms with Crippen LogP contribution in [0.2, 0.25) is 0 Å². The van der Waals surface area contributed by atoms with E-state index in [1.54, 1.807) is 0 Å². The van der Waals surface area contributed by atoms with E-state index >= 15 is 0 Å². The quantitative estimate of drug-likeness (QED) is 0.0938. The lowest BCUT2D eigenvalue weighted by Gasteiger charge is -2.20. The van der Waals surface area contributed by atoms with Crippen LogP contribution in [0.4, 0.5) is 0 Å². The molecule has 0 saturated carbocycles. The minimum absolute atomic E-state index is 0.0196. The third-order valence-corrected chi connectivity index (χ3v) is 6.83. The third-order valence-electron chi connectivity index (χ3n) is 5.81. The Morgan fingerprint density at radius 1 is 0.872 bits per heavy atom. The van der Waals surface area contributed by atoms with Gasteiger partial charge in [-0.05, 0) is 12.8 Å². The summed E-state index contributed by atoms with van der Waals surface area (Å²) < 4.78 is 15.1. The molecule has 0 radical (unpaired) electrons. The van der Waals surface area contributed by atoms with Gasteiger partial charge in [-0.2, -0.15) is 11.8 Å². The Hall–Kier alpha value is -2.34. The van der Waals surface area contributed by atoms with Gasteiger partial charge in [0.05, 0.1) is 20.1 Å². The highest BCUT2D eigenvalue weighted by Gasteiger charge is 2.26. The summed E-state index contributed by atoms with van der Waals surface area (Å²) in [6.07, 6.45) is 10.6. The smallest absolute Gasteiger partial charge is 0.330 e. The second-order valence-electron chi connectivity index (χ2n) is 9.37. The van der Waals surface area contributed by atoms with Gasteiger partial charge in [0, 0.05) is 25.4 Å². The molecule has 0 fully saturated rings. The van der Waals surface area contributed by atoms with Crippen molar-refractivity contribution in [2.75, 3.05) is 31.8 Å². The molecular weight excluding hydrogens is 528 g/mol. The number of aliphatic hydroxyl groups is 1. The van der Waals surface area contributed by atoms with E-state index in [2.05, 4.69) is 22.3 Å². The molecule has 0 heterocycles. The Morgan fingerprint density at radius 2 is 1.49 bits per heavy atom. The van der Waals surface area contributed by atoms with Crippen molar-refractivity contribution in [2.24, 2.45) is 0 Å². The summed E-state index contributed by atoms with van der Waals surface area (Å²) in [4.78, 5) is 59.3. The van der Waals surface area contributed by atoms with Gasteiger partial charge in [0.1, 0.15) is 18.8 Å². The monoisotopic (exact) mass is 576 g/mol. The summed E-state index contributed by atoms with van der Waals surface area (Å²) in [6, 6.07) is -2.21. The number of hydrogen-bond donors (Lipinski definition) is 3. The minimum atomic E-state index is -1.24. The van der Waals surface area contributed by atoms with E-state index in [1.807, 2.05) is 0 Å². The number of aliphatic hydroxyl groups excluding tert-OH is 1. The summed E-state index contributed by atoms with van der Waals surface area (Å²) in [6.45, 7) is 4.20.